The standard InChI is InChI=1S/C19H26N6O3/c1-19(2,3)25-17(21-22-23-25)12-24(7-8-26)11-14-9-13-10-15(28-4)5-6-16(13)20-18(14)27/h5-6,9-10,26H,7-8,11-12H2,1-4H3,(H,20,27). The molecule has 0 atom stereocenters. The number of nitrogens with one attached hydrogen (secondary N) is 1. The van der Waals surface area contributed by atoms with Crippen molar-refractivity contribution < 1.29 is 9.84 Å². The molecule has 0 radical (unpaired) electrons. The molecule has 2 N–H and O–H groups in total. The van der Waals surface area contributed by atoms with Crippen LogP contribution in [0.3, 0.4) is 0 Å². The fourth-order valence-corrected chi connectivity index (χ4v) is 3.10. The third-order valence-corrected chi connectivity index (χ3v) is 4.47. The minimum atomic E-state index is -0.263. The van der Waals surface area contributed by atoms with Crippen LogP contribution in [0.1, 0.15) is 32.2 Å². The van der Waals surface area contributed by atoms with Gasteiger partial charge < -0.3 is 14.8 Å². The number of tetrazole rings is 1. The van der Waals surface area contributed by atoms with Gasteiger partial charge >= 0.3 is 0 Å². The number of fused-ring (bicyclic) bond motifs is 1. The second-order valence-corrected chi connectivity index (χ2v) is 7.69. The van der Waals surface area contributed by atoms with E-state index in [0.29, 0.717) is 31.0 Å². The zero-order valence-corrected chi connectivity index (χ0v) is 16.6. The van der Waals surface area contributed by atoms with Gasteiger partial charge in [-0.2, -0.15) is 0 Å². The highest BCUT2D eigenvalue weighted by atomic mass is 16.5. The lowest BCUT2D eigenvalue weighted by atomic mass is 10.1. The topological polar surface area (TPSA) is 109 Å². The highest BCUT2D eigenvalue weighted by Gasteiger charge is 2.21. The summed E-state index contributed by atoms with van der Waals surface area (Å²) in [5.41, 5.74) is 0.931. The van der Waals surface area contributed by atoms with Gasteiger partial charge in [0.05, 0.1) is 25.8 Å². The van der Waals surface area contributed by atoms with Gasteiger partial charge in [0.15, 0.2) is 5.82 Å². The zero-order valence-electron chi connectivity index (χ0n) is 16.6. The molecular weight excluding hydrogens is 360 g/mol. The first-order chi connectivity index (χ1) is 13.3. The number of aromatic amines is 1. The van der Waals surface area contributed by atoms with Crippen molar-refractivity contribution in [2.75, 3.05) is 20.3 Å². The Morgan fingerprint density at radius 3 is 2.71 bits per heavy atom. The summed E-state index contributed by atoms with van der Waals surface area (Å²) in [5.74, 6) is 1.40. The molecule has 0 saturated heterocycles. The van der Waals surface area contributed by atoms with Crippen LogP contribution in [0.5, 0.6) is 5.75 Å². The second kappa shape index (κ2) is 8.07. The van der Waals surface area contributed by atoms with Crippen molar-refractivity contribution in [1.29, 1.82) is 0 Å². The van der Waals surface area contributed by atoms with Gasteiger partial charge in [0.25, 0.3) is 5.56 Å². The van der Waals surface area contributed by atoms with Crippen molar-refractivity contribution >= 4 is 10.9 Å². The van der Waals surface area contributed by atoms with Gasteiger partial charge in [-0.15, -0.1) is 5.10 Å². The summed E-state index contributed by atoms with van der Waals surface area (Å²) < 4.78 is 7.02. The first-order valence-electron chi connectivity index (χ1n) is 9.12. The molecule has 0 aliphatic rings. The molecule has 3 aromatic rings. The Morgan fingerprint density at radius 2 is 2.04 bits per heavy atom. The predicted octanol–water partition coefficient (Wildman–Crippen LogP) is 1.27. The van der Waals surface area contributed by atoms with Crippen LogP contribution >= 0.6 is 0 Å². The maximum atomic E-state index is 12.5. The summed E-state index contributed by atoms with van der Waals surface area (Å²) in [6.45, 7) is 7.20. The van der Waals surface area contributed by atoms with Crippen LogP contribution in [0.4, 0.5) is 0 Å². The number of nitrogens with zero attached hydrogens (tertiary/aromatic N) is 5. The van der Waals surface area contributed by atoms with E-state index in [9.17, 15) is 9.90 Å². The normalized spacial score (nSPS) is 12.1. The molecule has 0 fully saturated rings. The summed E-state index contributed by atoms with van der Waals surface area (Å²) >= 11 is 0. The summed E-state index contributed by atoms with van der Waals surface area (Å²) in [4.78, 5) is 17.4. The maximum absolute atomic E-state index is 12.5. The second-order valence-electron chi connectivity index (χ2n) is 7.69. The van der Waals surface area contributed by atoms with E-state index in [2.05, 4.69) is 20.5 Å². The number of hydrogen-bond donors (Lipinski definition) is 2. The van der Waals surface area contributed by atoms with E-state index in [1.807, 2.05) is 49.9 Å². The van der Waals surface area contributed by atoms with Gasteiger partial charge in [0, 0.05) is 29.6 Å². The van der Waals surface area contributed by atoms with Crippen molar-refractivity contribution in [3.8, 4) is 5.75 Å². The molecule has 2 aromatic heterocycles. The van der Waals surface area contributed by atoms with Crippen molar-refractivity contribution in [2.24, 2.45) is 0 Å². The molecule has 9 heteroatoms. The smallest absolute Gasteiger partial charge is 0.252 e. The number of methoxy groups -OCH3 is 1. The van der Waals surface area contributed by atoms with Crippen LogP contribution in [0.25, 0.3) is 10.9 Å². The van der Waals surface area contributed by atoms with E-state index in [1.54, 1.807) is 11.8 Å². The lowest BCUT2D eigenvalue weighted by molar-refractivity contribution is 0.174. The highest BCUT2D eigenvalue weighted by molar-refractivity contribution is 5.80. The number of pyridine rings is 1. The minimum absolute atomic E-state index is 0.0314. The first-order valence-corrected chi connectivity index (χ1v) is 9.12. The largest absolute Gasteiger partial charge is 0.497 e. The maximum Gasteiger partial charge on any atom is 0.252 e. The fourth-order valence-electron chi connectivity index (χ4n) is 3.10. The number of aliphatic hydroxyl groups excluding tert-OH is 1. The van der Waals surface area contributed by atoms with E-state index < -0.39 is 0 Å². The molecule has 0 amide bonds. The molecule has 0 unspecified atom stereocenters. The molecule has 0 bridgehead atoms. The number of ether oxygens (including phenoxy) is 1. The Morgan fingerprint density at radius 1 is 1.25 bits per heavy atom. The molecule has 3 rings (SSSR count). The third kappa shape index (κ3) is 4.37. The number of benzene rings is 1. The lowest BCUT2D eigenvalue weighted by Gasteiger charge is -2.24. The van der Waals surface area contributed by atoms with Crippen LogP contribution in [0, 0.1) is 0 Å². The Hall–Kier alpha value is -2.78. The molecule has 0 spiro atoms. The molecule has 0 saturated carbocycles. The summed E-state index contributed by atoms with van der Waals surface area (Å²) in [5, 5.41) is 22.3. The third-order valence-electron chi connectivity index (χ3n) is 4.47. The minimum Gasteiger partial charge on any atom is -0.497 e. The summed E-state index contributed by atoms with van der Waals surface area (Å²) in [6.07, 6.45) is 0. The van der Waals surface area contributed by atoms with E-state index in [1.165, 1.54) is 0 Å². The SMILES string of the molecule is COc1ccc2[nH]c(=O)c(CN(CCO)Cc3nnnn3C(C)(C)C)cc2c1. The van der Waals surface area contributed by atoms with Gasteiger partial charge in [0.2, 0.25) is 0 Å². The Kier molecular flexibility index (Phi) is 5.76. The van der Waals surface area contributed by atoms with Gasteiger partial charge in [-0.05, 0) is 55.5 Å². The van der Waals surface area contributed by atoms with Crippen LogP contribution in [-0.4, -0.2) is 55.5 Å². The van der Waals surface area contributed by atoms with Crippen LogP contribution < -0.4 is 10.3 Å². The number of aliphatic hydroxyl groups is 1. The van der Waals surface area contributed by atoms with Gasteiger partial charge in [0.1, 0.15) is 5.75 Å². The van der Waals surface area contributed by atoms with Crippen molar-refractivity contribution in [3.63, 3.8) is 0 Å². The van der Waals surface area contributed by atoms with Crippen molar-refractivity contribution in [1.82, 2.24) is 30.1 Å². The fraction of sp³-hybridized carbons (Fsp3) is 0.474. The number of H-pyrrole nitrogens is 1. The predicted molar refractivity (Wildman–Crippen MR) is 105 cm³/mol. The first kappa shape index (κ1) is 20.0. The zero-order chi connectivity index (χ0) is 20.3. The Balaban J connectivity index is 1.89. The molecule has 150 valence electrons. The van der Waals surface area contributed by atoms with E-state index in [-0.39, 0.29) is 17.7 Å². The van der Waals surface area contributed by atoms with Crippen LogP contribution in [0.2, 0.25) is 0 Å². The van der Waals surface area contributed by atoms with E-state index in [0.717, 1.165) is 16.7 Å². The molecular formula is C19H26N6O3. The quantitative estimate of drug-likeness (QED) is 0.629. The summed E-state index contributed by atoms with van der Waals surface area (Å²) in [6, 6.07) is 7.36. The van der Waals surface area contributed by atoms with E-state index in [4.69, 9.17) is 4.74 Å². The Bertz CT molecular complexity index is 1000. The van der Waals surface area contributed by atoms with Crippen LogP contribution in [-0.2, 0) is 18.6 Å². The van der Waals surface area contributed by atoms with Crippen LogP contribution in [0.15, 0.2) is 29.1 Å². The molecule has 9 nitrogen and oxygen atoms in total. The highest BCUT2D eigenvalue weighted by Crippen LogP contribution is 2.20. The molecule has 2 heterocycles. The van der Waals surface area contributed by atoms with Gasteiger partial charge in [-0.1, -0.05) is 0 Å². The molecule has 0 aliphatic carbocycles. The summed E-state index contributed by atoms with van der Waals surface area (Å²) in [7, 11) is 1.61. The van der Waals surface area contributed by atoms with E-state index >= 15 is 0 Å². The number of rotatable bonds is 7. The monoisotopic (exact) mass is 386 g/mol. The molecule has 1 aromatic carbocycles. The van der Waals surface area contributed by atoms with Crippen molar-refractivity contribution in [3.05, 3.63) is 46.0 Å². The molecule has 28 heavy (non-hydrogen) atoms. The number of hydrogen-bond acceptors (Lipinski definition) is 7. The Labute approximate surface area is 162 Å². The van der Waals surface area contributed by atoms with Gasteiger partial charge in [-0.25, -0.2) is 4.68 Å². The molecule has 0 aliphatic heterocycles. The average Bonchev–Trinajstić information content (AvgIpc) is 3.11. The average molecular weight is 386 g/mol. The lowest BCUT2D eigenvalue weighted by Crippen LogP contribution is -2.33. The van der Waals surface area contributed by atoms with Crippen molar-refractivity contribution in [2.45, 2.75) is 39.4 Å². The number of aromatic nitrogens is 5. The van der Waals surface area contributed by atoms with Gasteiger partial charge in [-0.3, -0.25) is 9.69 Å².